The summed E-state index contributed by atoms with van der Waals surface area (Å²) in [5.74, 6) is 2.06. The molecule has 0 spiro atoms. The predicted octanol–water partition coefficient (Wildman–Crippen LogP) is 2.40. The van der Waals surface area contributed by atoms with Crippen LogP contribution in [0.1, 0.15) is 38.4 Å². The van der Waals surface area contributed by atoms with E-state index in [2.05, 4.69) is 22.5 Å². The molecule has 1 unspecified atom stereocenters. The van der Waals surface area contributed by atoms with Gasteiger partial charge in [0.1, 0.15) is 5.76 Å². The van der Waals surface area contributed by atoms with Crippen LogP contribution in [0.2, 0.25) is 0 Å². The summed E-state index contributed by atoms with van der Waals surface area (Å²) in [7, 11) is 1.77. The number of amides is 1. The second-order valence-corrected chi connectivity index (χ2v) is 5.80. The zero-order chi connectivity index (χ0) is 16.5. The van der Waals surface area contributed by atoms with E-state index < -0.39 is 0 Å². The van der Waals surface area contributed by atoms with Gasteiger partial charge < -0.3 is 20.0 Å². The molecule has 1 aromatic rings. The van der Waals surface area contributed by atoms with Crippen molar-refractivity contribution in [3.05, 3.63) is 24.2 Å². The maximum atomic E-state index is 11.8. The van der Waals surface area contributed by atoms with Crippen LogP contribution in [0.3, 0.4) is 0 Å². The Hall–Kier alpha value is -1.25. The van der Waals surface area contributed by atoms with Crippen LogP contribution in [-0.2, 0) is 11.2 Å². The van der Waals surface area contributed by atoms with Crippen molar-refractivity contribution in [1.82, 2.24) is 15.5 Å². The fourth-order valence-electron chi connectivity index (χ4n) is 2.97. The van der Waals surface area contributed by atoms with Gasteiger partial charge in [-0.25, -0.2) is 0 Å². The van der Waals surface area contributed by atoms with Gasteiger partial charge in [0.15, 0.2) is 5.96 Å². The third kappa shape index (κ3) is 6.33. The van der Waals surface area contributed by atoms with Crippen LogP contribution < -0.4 is 10.6 Å². The standard InChI is InChI=1S/C17H28N4O2.HI/c1-3-14(21-12-4-7-16(21)22)8-10-19-17(18-2)20-11-9-15-6-5-13-23-15;/h5-6,13-14H,3-4,7-12H2,1-2H3,(H2,18,19,20);1H. The third-order valence-electron chi connectivity index (χ3n) is 4.26. The third-order valence-corrected chi connectivity index (χ3v) is 4.26. The first kappa shape index (κ1) is 20.8. The molecule has 1 atom stereocenters. The molecule has 0 aromatic carbocycles. The van der Waals surface area contributed by atoms with E-state index >= 15 is 0 Å². The van der Waals surface area contributed by atoms with E-state index in [0.717, 1.165) is 57.0 Å². The van der Waals surface area contributed by atoms with Crippen molar-refractivity contribution < 1.29 is 9.21 Å². The Morgan fingerprint density at radius 2 is 2.21 bits per heavy atom. The Balaban J connectivity index is 0.00000288. The molecule has 2 rings (SSSR count). The number of carbonyl (C=O) groups excluding carboxylic acids is 1. The van der Waals surface area contributed by atoms with E-state index in [0.29, 0.717) is 18.4 Å². The zero-order valence-electron chi connectivity index (χ0n) is 14.6. The van der Waals surface area contributed by atoms with E-state index in [4.69, 9.17) is 4.42 Å². The molecule has 24 heavy (non-hydrogen) atoms. The average Bonchev–Trinajstić information content (AvgIpc) is 3.22. The van der Waals surface area contributed by atoms with Crippen LogP contribution in [0, 0.1) is 0 Å². The van der Waals surface area contributed by atoms with E-state index in [9.17, 15) is 4.79 Å². The SMILES string of the molecule is CCC(CCNC(=NC)NCCc1ccco1)N1CCCC1=O.I. The van der Waals surface area contributed by atoms with Gasteiger partial charge in [-0.1, -0.05) is 6.92 Å². The predicted molar refractivity (Wildman–Crippen MR) is 107 cm³/mol. The number of aliphatic imine (C=N–C) groups is 1. The molecular weight excluding hydrogens is 419 g/mol. The van der Waals surface area contributed by atoms with Crippen molar-refractivity contribution in [1.29, 1.82) is 0 Å². The zero-order valence-corrected chi connectivity index (χ0v) is 16.9. The second kappa shape index (κ2) is 11.3. The molecule has 2 N–H and O–H groups in total. The summed E-state index contributed by atoms with van der Waals surface area (Å²) in [4.78, 5) is 18.1. The molecule has 7 heteroatoms. The highest BCUT2D eigenvalue weighted by atomic mass is 127. The maximum Gasteiger partial charge on any atom is 0.222 e. The number of hydrogen-bond donors (Lipinski definition) is 2. The molecule has 0 aliphatic carbocycles. The minimum Gasteiger partial charge on any atom is -0.469 e. The van der Waals surface area contributed by atoms with Crippen molar-refractivity contribution in [3.63, 3.8) is 0 Å². The van der Waals surface area contributed by atoms with Gasteiger partial charge in [-0.2, -0.15) is 0 Å². The summed E-state index contributed by atoms with van der Waals surface area (Å²) in [5, 5.41) is 6.60. The van der Waals surface area contributed by atoms with Crippen LogP contribution in [0.25, 0.3) is 0 Å². The Labute approximate surface area is 161 Å². The molecule has 1 aromatic heterocycles. The van der Waals surface area contributed by atoms with Gasteiger partial charge in [0.05, 0.1) is 6.26 Å². The molecule has 136 valence electrons. The minimum atomic E-state index is 0. The summed E-state index contributed by atoms with van der Waals surface area (Å²) < 4.78 is 5.31. The summed E-state index contributed by atoms with van der Waals surface area (Å²) in [6, 6.07) is 4.20. The number of halogens is 1. The first-order valence-corrected chi connectivity index (χ1v) is 8.51. The molecule has 0 saturated carbocycles. The van der Waals surface area contributed by atoms with E-state index in [1.165, 1.54) is 0 Å². The van der Waals surface area contributed by atoms with E-state index in [-0.39, 0.29) is 24.0 Å². The number of nitrogens with zero attached hydrogens (tertiary/aromatic N) is 2. The molecular formula is C17H29IN4O2. The topological polar surface area (TPSA) is 69.9 Å². The van der Waals surface area contributed by atoms with E-state index in [1.807, 2.05) is 17.0 Å². The lowest BCUT2D eigenvalue weighted by atomic mass is 10.1. The number of hydrogen-bond acceptors (Lipinski definition) is 3. The summed E-state index contributed by atoms with van der Waals surface area (Å²) >= 11 is 0. The summed E-state index contributed by atoms with van der Waals surface area (Å²) in [6.45, 7) is 4.64. The number of guanidine groups is 1. The molecule has 1 aliphatic rings. The van der Waals surface area contributed by atoms with Crippen molar-refractivity contribution in [3.8, 4) is 0 Å². The minimum absolute atomic E-state index is 0. The van der Waals surface area contributed by atoms with E-state index in [1.54, 1.807) is 13.3 Å². The van der Waals surface area contributed by atoms with Gasteiger partial charge >= 0.3 is 0 Å². The highest BCUT2D eigenvalue weighted by Crippen LogP contribution is 2.17. The van der Waals surface area contributed by atoms with Gasteiger partial charge in [-0.15, -0.1) is 24.0 Å². The Morgan fingerprint density at radius 1 is 1.42 bits per heavy atom. The van der Waals surface area contributed by atoms with Crippen LogP contribution in [-0.4, -0.2) is 49.5 Å². The number of carbonyl (C=O) groups is 1. The summed E-state index contributed by atoms with van der Waals surface area (Å²) in [5.41, 5.74) is 0. The monoisotopic (exact) mass is 448 g/mol. The highest BCUT2D eigenvalue weighted by molar-refractivity contribution is 14.0. The summed E-state index contributed by atoms with van der Waals surface area (Å²) in [6.07, 6.45) is 6.16. The molecule has 1 aliphatic heterocycles. The number of rotatable bonds is 8. The fourth-order valence-corrected chi connectivity index (χ4v) is 2.97. The second-order valence-electron chi connectivity index (χ2n) is 5.80. The average molecular weight is 448 g/mol. The Bertz CT molecular complexity index is 505. The number of nitrogens with one attached hydrogen (secondary N) is 2. The lowest BCUT2D eigenvalue weighted by molar-refractivity contribution is -0.129. The number of furan rings is 1. The van der Waals surface area contributed by atoms with Gasteiger partial charge in [0.25, 0.3) is 0 Å². The van der Waals surface area contributed by atoms with Gasteiger partial charge in [-0.05, 0) is 31.4 Å². The van der Waals surface area contributed by atoms with Gasteiger partial charge in [0, 0.05) is 45.6 Å². The Morgan fingerprint density at radius 3 is 2.79 bits per heavy atom. The normalized spacial score (nSPS) is 16.0. The Kier molecular flexibility index (Phi) is 9.82. The largest absolute Gasteiger partial charge is 0.469 e. The smallest absolute Gasteiger partial charge is 0.222 e. The maximum absolute atomic E-state index is 11.8. The number of likely N-dealkylation sites (tertiary alicyclic amines) is 1. The molecule has 1 fully saturated rings. The van der Waals surface area contributed by atoms with Crippen LogP contribution in [0.15, 0.2) is 27.8 Å². The quantitative estimate of drug-likeness (QED) is 0.364. The molecule has 1 amide bonds. The lowest BCUT2D eigenvalue weighted by Gasteiger charge is -2.27. The first-order valence-electron chi connectivity index (χ1n) is 8.51. The molecule has 0 bridgehead atoms. The molecule has 0 radical (unpaired) electrons. The van der Waals surface area contributed by atoms with Crippen molar-refractivity contribution in [2.45, 2.75) is 45.1 Å². The fraction of sp³-hybridized carbons (Fsp3) is 0.647. The first-order chi connectivity index (χ1) is 11.2. The van der Waals surface area contributed by atoms with Crippen LogP contribution >= 0.6 is 24.0 Å². The van der Waals surface area contributed by atoms with Crippen molar-refractivity contribution >= 4 is 35.8 Å². The van der Waals surface area contributed by atoms with Crippen LogP contribution in [0.5, 0.6) is 0 Å². The van der Waals surface area contributed by atoms with Crippen LogP contribution in [0.4, 0.5) is 0 Å². The molecule has 1 saturated heterocycles. The van der Waals surface area contributed by atoms with Crippen molar-refractivity contribution in [2.75, 3.05) is 26.7 Å². The van der Waals surface area contributed by atoms with Gasteiger partial charge in [-0.3, -0.25) is 9.79 Å². The molecule has 2 heterocycles. The highest BCUT2D eigenvalue weighted by Gasteiger charge is 2.26. The molecule has 6 nitrogen and oxygen atoms in total. The lowest BCUT2D eigenvalue weighted by Crippen LogP contribution is -2.42. The van der Waals surface area contributed by atoms with Gasteiger partial charge in [0.2, 0.25) is 5.91 Å². The van der Waals surface area contributed by atoms with Crippen molar-refractivity contribution in [2.24, 2.45) is 4.99 Å².